The Morgan fingerprint density at radius 1 is 1.12 bits per heavy atom. The van der Waals surface area contributed by atoms with Crippen molar-refractivity contribution in [2.45, 2.75) is 46.0 Å². The zero-order valence-electron chi connectivity index (χ0n) is 19.8. The van der Waals surface area contributed by atoms with Gasteiger partial charge in [-0.1, -0.05) is 49.4 Å². The second-order valence-electron chi connectivity index (χ2n) is 8.64. The number of benzene rings is 2. The Kier molecular flexibility index (Phi) is 6.83. The molecule has 1 atom stereocenters. The molecule has 34 heavy (non-hydrogen) atoms. The van der Waals surface area contributed by atoms with E-state index in [0.29, 0.717) is 34.0 Å². The summed E-state index contributed by atoms with van der Waals surface area (Å²) >= 11 is 1.52. The number of rotatable bonds is 5. The van der Waals surface area contributed by atoms with Crippen molar-refractivity contribution in [3.05, 3.63) is 53.6 Å². The number of carbonyl (C=O) groups excluding carboxylic acids is 2. The molecule has 4 rings (SSSR count). The summed E-state index contributed by atoms with van der Waals surface area (Å²) in [5.41, 5.74) is 4.32. The minimum absolute atomic E-state index is 0.156. The van der Waals surface area contributed by atoms with Crippen molar-refractivity contribution in [3.63, 3.8) is 0 Å². The highest BCUT2D eigenvalue weighted by Crippen LogP contribution is 2.44. The number of hydrogen-bond acceptors (Lipinski definition) is 7. The van der Waals surface area contributed by atoms with Crippen LogP contribution < -0.4 is 15.0 Å². The van der Waals surface area contributed by atoms with Crippen molar-refractivity contribution < 1.29 is 14.3 Å². The molecule has 9 heteroatoms. The molecule has 1 aromatic heterocycles. The smallest absolute Gasteiger partial charge is 0.247 e. The summed E-state index contributed by atoms with van der Waals surface area (Å²) in [6, 6.07) is 13.0. The van der Waals surface area contributed by atoms with Gasteiger partial charge in [-0.3, -0.25) is 14.5 Å². The van der Waals surface area contributed by atoms with Crippen LogP contribution in [0.25, 0.3) is 11.3 Å². The average Bonchev–Trinajstić information content (AvgIpc) is 2.92. The Bertz CT molecular complexity index is 1230. The van der Waals surface area contributed by atoms with Gasteiger partial charge >= 0.3 is 0 Å². The topological polar surface area (TPSA) is 97.3 Å². The van der Waals surface area contributed by atoms with E-state index in [-0.39, 0.29) is 11.8 Å². The molecule has 0 saturated carbocycles. The minimum atomic E-state index is -0.772. The summed E-state index contributed by atoms with van der Waals surface area (Å²) in [4.78, 5) is 30.6. The van der Waals surface area contributed by atoms with Gasteiger partial charge in [-0.05, 0) is 37.1 Å². The molecule has 1 aliphatic rings. The molecule has 0 unspecified atom stereocenters. The fourth-order valence-corrected chi connectivity index (χ4v) is 4.40. The van der Waals surface area contributed by atoms with E-state index in [1.54, 1.807) is 17.0 Å². The molecule has 176 valence electrons. The van der Waals surface area contributed by atoms with Crippen LogP contribution in [0.1, 0.15) is 45.0 Å². The Balaban J connectivity index is 1.84. The van der Waals surface area contributed by atoms with Gasteiger partial charge < -0.3 is 10.1 Å². The third-order valence-electron chi connectivity index (χ3n) is 5.16. The maximum Gasteiger partial charge on any atom is 0.247 e. The van der Waals surface area contributed by atoms with Crippen LogP contribution in [-0.4, -0.2) is 32.7 Å². The van der Waals surface area contributed by atoms with Crippen molar-refractivity contribution in [1.29, 1.82) is 0 Å². The lowest BCUT2D eigenvalue weighted by molar-refractivity contribution is -0.118. The lowest BCUT2D eigenvalue weighted by Crippen LogP contribution is -2.36. The lowest BCUT2D eigenvalue weighted by atomic mass is 10.0. The van der Waals surface area contributed by atoms with Crippen LogP contribution >= 0.6 is 11.8 Å². The summed E-state index contributed by atoms with van der Waals surface area (Å²) < 4.78 is 6.40. The lowest BCUT2D eigenvalue weighted by Gasteiger charge is -2.30. The zero-order valence-corrected chi connectivity index (χ0v) is 20.6. The van der Waals surface area contributed by atoms with Crippen LogP contribution in [0.2, 0.25) is 0 Å². The van der Waals surface area contributed by atoms with Gasteiger partial charge in [-0.25, -0.2) is 0 Å². The number of anilines is 2. The number of fused-ring (bicyclic) bond motifs is 3. The first kappa shape index (κ1) is 23.7. The molecule has 0 bridgehead atoms. The average molecular weight is 478 g/mol. The molecular formula is C25H27N5O3S. The van der Waals surface area contributed by atoms with E-state index in [2.05, 4.69) is 34.3 Å². The number of nitrogens with zero attached hydrogens (tertiary/aromatic N) is 4. The Morgan fingerprint density at radius 3 is 2.50 bits per heavy atom. The molecule has 2 aromatic carbocycles. The summed E-state index contributed by atoms with van der Waals surface area (Å²) in [6.07, 6.45) is -0.772. The molecule has 1 aliphatic heterocycles. The molecule has 8 nitrogen and oxygen atoms in total. The first-order valence-corrected chi connectivity index (χ1v) is 12.0. The summed E-state index contributed by atoms with van der Waals surface area (Å²) in [5, 5.41) is 12.1. The normalized spacial score (nSPS) is 14.6. The molecule has 0 radical (unpaired) electrons. The van der Waals surface area contributed by atoms with Crippen LogP contribution in [0, 0.1) is 12.8 Å². The monoisotopic (exact) mass is 477 g/mol. The zero-order chi connectivity index (χ0) is 24.4. The molecule has 0 saturated heterocycles. The maximum absolute atomic E-state index is 12.9. The molecule has 3 aromatic rings. The summed E-state index contributed by atoms with van der Waals surface area (Å²) in [6.45, 7) is 9.20. The van der Waals surface area contributed by atoms with Gasteiger partial charge in [-0.2, -0.15) is 4.98 Å². The number of aryl methyl sites for hydroxylation is 1. The fourth-order valence-electron chi connectivity index (χ4n) is 3.67. The maximum atomic E-state index is 12.9. The predicted octanol–water partition coefficient (Wildman–Crippen LogP) is 5.00. The van der Waals surface area contributed by atoms with E-state index >= 15 is 0 Å². The van der Waals surface area contributed by atoms with Gasteiger partial charge in [0.05, 0.1) is 5.69 Å². The fraction of sp³-hybridized carbons (Fsp3) is 0.320. The van der Waals surface area contributed by atoms with Gasteiger partial charge in [0, 0.05) is 36.4 Å². The van der Waals surface area contributed by atoms with Crippen molar-refractivity contribution in [1.82, 2.24) is 15.2 Å². The standard InChI is InChI=1S/C25H27N5O3S/c1-14(2)13-34-25-27-23-22(28-29-25)20-12-15(3)6-11-21(20)30(17(5)32)24(33-23)18-7-9-19(10-8-18)26-16(4)31/h6-12,14,24H,13H2,1-5H3,(H,26,31)/t24-/m1/s1. The van der Waals surface area contributed by atoms with Crippen LogP contribution in [-0.2, 0) is 9.59 Å². The van der Waals surface area contributed by atoms with E-state index in [0.717, 1.165) is 22.4 Å². The first-order chi connectivity index (χ1) is 16.2. The molecule has 2 amide bonds. The summed E-state index contributed by atoms with van der Waals surface area (Å²) in [7, 11) is 0. The van der Waals surface area contributed by atoms with Crippen LogP contribution in [0.3, 0.4) is 0 Å². The highest BCUT2D eigenvalue weighted by atomic mass is 32.2. The van der Waals surface area contributed by atoms with Crippen molar-refractivity contribution >= 4 is 35.0 Å². The van der Waals surface area contributed by atoms with Crippen LogP contribution in [0.4, 0.5) is 11.4 Å². The number of ether oxygens (including phenoxy) is 1. The Labute approximate surface area is 203 Å². The van der Waals surface area contributed by atoms with E-state index in [1.807, 2.05) is 37.3 Å². The van der Waals surface area contributed by atoms with E-state index in [9.17, 15) is 9.59 Å². The SMILES string of the molecule is CC(=O)Nc1ccc([C@H]2Oc3nc(SCC(C)C)nnc3-c3cc(C)ccc3N2C(C)=O)cc1. The van der Waals surface area contributed by atoms with Crippen molar-refractivity contribution in [3.8, 4) is 17.1 Å². The third-order valence-corrected chi connectivity index (χ3v) is 6.43. The van der Waals surface area contributed by atoms with Gasteiger partial charge in [0.1, 0.15) is 0 Å². The molecular weight excluding hydrogens is 450 g/mol. The Hall–Kier alpha value is -3.46. The van der Waals surface area contributed by atoms with Crippen molar-refractivity contribution in [2.75, 3.05) is 16.0 Å². The number of thioether (sulfide) groups is 1. The highest BCUT2D eigenvalue weighted by molar-refractivity contribution is 7.99. The molecule has 0 aliphatic carbocycles. The van der Waals surface area contributed by atoms with E-state index < -0.39 is 6.23 Å². The quantitative estimate of drug-likeness (QED) is 0.517. The van der Waals surface area contributed by atoms with Crippen LogP contribution in [0.15, 0.2) is 47.6 Å². The van der Waals surface area contributed by atoms with Crippen molar-refractivity contribution in [2.24, 2.45) is 5.92 Å². The summed E-state index contributed by atoms with van der Waals surface area (Å²) in [5.74, 6) is 1.31. The van der Waals surface area contributed by atoms with Crippen LogP contribution in [0.5, 0.6) is 5.88 Å². The molecule has 0 fully saturated rings. The third kappa shape index (κ3) is 5.04. The van der Waals surface area contributed by atoms with E-state index in [4.69, 9.17) is 4.74 Å². The second-order valence-corrected chi connectivity index (χ2v) is 9.62. The number of amides is 2. The van der Waals surface area contributed by atoms with Gasteiger partial charge in [-0.15, -0.1) is 10.2 Å². The first-order valence-electron chi connectivity index (χ1n) is 11.1. The van der Waals surface area contributed by atoms with Gasteiger partial charge in [0.25, 0.3) is 0 Å². The highest BCUT2D eigenvalue weighted by Gasteiger charge is 2.34. The molecule has 2 heterocycles. The molecule has 1 N–H and O–H groups in total. The number of hydrogen-bond donors (Lipinski definition) is 1. The van der Waals surface area contributed by atoms with Gasteiger partial charge in [0.2, 0.25) is 29.1 Å². The molecule has 0 spiro atoms. The number of aromatic nitrogens is 3. The number of carbonyl (C=O) groups is 2. The second kappa shape index (κ2) is 9.80. The largest absolute Gasteiger partial charge is 0.447 e. The van der Waals surface area contributed by atoms with Gasteiger partial charge in [0.15, 0.2) is 5.69 Å². The predicted molar refractivity (Wildman–Crippen MR) is 133 cm³/mol. The van der Waals surface area contributed by atoms with E-state index in [1.165, 1.54) is 25.6 Å². The Morgan fingerprint density at radius 2 is 1.85 bits per heavy atom. The number of nitrogens with one attached hydrogen (secondary N) is 1. The minimum Gasteiger partial charge on any atom is -0.447 e.